The topological polar surface area (TPSA) is 106 Å². The number of pyridine rings is 1. The fourth-order valence-electron chi connectivity index (χ4n) is 5.56. The number of piperidine rings is 1. The summed E-state index contributed by atoms with van der Waals surface area (Å²) in [5.74, 6) is -1.06. The van der Waals surface area contributed by atoms with Crippen LogP contribution in [-0.4, -0.2) is 39.3 Å². The van der Waals surface area contributed by atoms with Crippen molar-refractivity contribution in [3.63, 3.8) is 0 Å². The van der Waals surface area contributed by atoms with E-state index in [9.17, 15) is 14.0 Å². The van der Waals surface area contributed by atoms with Gasteiger partial charge in [-0.1, -0.05) is 34.4 Å². The summed E-state index contributed by atoms with van der Waals surface area (Å²) in [6, 6.07) is 6.39. The third kappa shape index (κ3) is 4.57. The Balaban J connectivity index is 1.18. The van der Waals surface area contributed by atoms with Gasteiger partial charge >= 0.3 is 5.97 Å². The van der Waals surface area contributed by atoms with Crippen LogP contribution in [0, 0.1) is 11.7 Å². The van der Waals surface area contributed by atoms with Crippen molar-refractivity contribution >= 4 is 40.8 Å². The molecule has 11 heteroatoms. The number of aromatic nitrogens is 2. The molecule has 1 amide bonds. The Morgan fingerprint density at radius 3 is 2.66 bits per heavy atom. The van der Waals surface area contributed by atoms with E-state index in [2.05, 4.69) is 10.1 Å². The third-order valence-electron chi connectivity index (χ3n) is 7.56. The van der Waals surface area contributed by atoms with Crippen molar-refractivity contribution in [2.24, 2.45) is 5.92 Å². The van der Waals surface area contributed by atoms with Gasteiger partial charge in [0.2, 0.25) is 5.91 Å². The van der Waals surface area contributed by atoms with Crippen LogP contribution in [0.2, 0.25) is 10.0 Å². The van der Waals surface area contributed by atoms with E-state index in [-0.39, 0.29) is 55.0 Å². The van der Waals surface area contributed by atoms with E-state index >= 15 is 0 Å². The Kier molecular flexibility index (Phi) is 6.62. The van der Waals surface area contributed by atoms with Crippen molar-refractivity contribution in [3.05, 3.63) is 63.3 Å². The van der Waals surface area contributed by atoms with E-state index in [4.69, 9.17) is 37.6 Å². The fraction of sp³-hybridized carbons (Fsp3) is 0.407. The number of ether oxygens (including phenoxy) is 1. The minimum atomic E-state index is -1.02. The molecule has 3 aromatic rings. The number of amides is 1. The lowest BCUT2D eigenvalue weighted by Crippen LogP contribution is -2.43. The van der Waals surface area contributed by atoms with Crippen molar-refractivity contribution in [2.45, 2.75) is 63.2 Å². The van der Waals surface area contributed by atoms with E-state index in [0.717, 1.165) is 24.2 Å². The number of aryl methyl sites for hydroxylation is 1. The van der Waals surface area contributed by atoms with Crippen molar-refractivity contribution < 1.29 is 28.3 Å². The van der Waals surface area contributed by atoms with Gasteiger partial charge in [0.15, 0.2) is 0 Å². The molecule has 2 bridgehead atoms. The first-order chi connectivity index (χ1) is 18.3. The molecule has 198 valence electrons. The molecule has 0 spiro atoms. The standard InChI is InChI=1S/C27H24Cl2FN3O5/c28-18-2-1-3-19(29)24(18)25-17(26(38-32-25)13-4-5-13)12-37-22-10-14-8-16(22)27(36)33(14)15-9-20(30)21(31-11-15)6-7-23(34)35/h1-3,9,11,13-14,16,22H,4-8,10,12H2,(H,34,35)/t14-,16+,22+/m0/s1. The molecule has 0 unspecified atom stereocenters. The van der Waals surface area contributed by atoms with E-state index in [1.54, 1.807) is 23.1 Å². The Hall–Kier alpha value is -3.01. The van der Waals surface area contributed by atoms with Gasteiger partial charge in [0.05, 0.1) is 52.7 Å². The number of rotatable bonds is 9. The number of anilines is 1. The number of fused-ring (bicyclic) bond motifs is 2. The molecule has 1 N–H and O–H groups in total. The first kappa shape index (κ1) is 25.3. The van der Waals surface area contributed by atoms with Crippen LogP contribution in [-0.2, 0) is 27.4 Å². The molecule has 3 atom stereocenters. The summed E-state index contributed by atoms with van der Waals surface area (Å²) in [4.78, 5) is 29.7. The van der Waals surface area contributed by atoms with Gasteiger partial charge in [0.1, 0.15) is 17.3 Å². The summed E-state index contributed by atoms with van der Waals surface area (Å²) in [5, 5.41) is 14.1. The fourth-order valence-corrected chi connectivity index (χ4v) is 6.14. The van der Waals surface area contributed by atoms with E-state index in [0.29, 0.717) is 39.8 Å². The molecule has 6 rings (SSSR count). The maximum absolute atomic E-state index is 14.6. The van der Waals surface area contributed by atoms with Gasteiger partial charge in [-0.05, 0) is 37.8 Å². The number of carbonyl (C=O) groups is 2. The Bertz CT molecular complexity index is 1410. The number of halogens is 3. The summed E-state index contributed by atoms with van der Waals surface area (Å²) in [6.07, 6.45) is 4.15. The minimum absolute atomic E-state index is 0.00946. The number of carboxylic acids is 1. The molecular weight excluding hydrogens is 536 g/mol. The average Bonchev–Trinajstić information content (AvgIpc) is 3.38. The number of benzene rings is 1. The average molecular weight is 560 g/mol. The van der Waals surface area contributed by atoms with Crippen molar-refractivity contribution in [3.8, 4) is 11.3 Å². The molecular formula is C27H24Cl2FN3O5. The van der Waals surface area contributed by atoms with Gasteiger partial charge in [-0.3, -0.25) is 14.6 Å². The highest BCUT2D eigenvalue weighted by Crippen LogP contribution is 2.47. The predicted octanol–water partition coefficient (Wildman–Crippen LogP) is 5.79. The first-order valence-corrected chi connectivity index (χ1v) is 13.3. The zero-order valence-corrected chi connectivity index (χ0v) is 21.7. The molecule has 2 aliphatic carbocycles. The minimum Gasteiger partial charge on any atom is -0.481 e. The molecule has 3 aliphatic rings. The highest BCUT2D eigenvalue weighted by molar-refractivity contribution is 6.39. The SMILES string of the molecule is O=C(O)CCc1ncc(N2C(=O)[C@@H]3C[C@H]2C[C@H]3OCc2c(-c3c(Cl)cccc3Cl)noc2C2CC2)cc1F. The van der Waals surface area contributed by atoms with Crippen LogP contribution in [0.3, 0.4) is 0 Å². The van der Waals surface area contributed by atoms with Crippen LogP contribution >= 0.6 is 23.2 Å². The second-order valence-corrected chi connectivity index (χ2v) is 10.9. The molecule has 1 aromatic carbocycles. The van der Waals surface area contributed by atoms with E-state index < -0.39 is 11.8 Å². The number of carbonyl (C=O) groups excluding carboxylic acids is 1. The lowest BCUT2D eigenvalue weighted by atomic mass is 10.0. The highest BCUT2D eigenvalue weighted by atomic mass is 35.5. The number of carboxylic acid groups (broad SMARTS) is 1. The maximum Gasteiger partial charge on any atom is 0.303 e. The van der Waals surface area contributed by atoms with Crippen LogP contribution in [0.1, 0.15) is 55.0 Å². The van der Waals surface area contributed by atoms with Gasteiger partial charge in [0, 0.05) is 35.6 Å². The van der Waals surface area contributed by atoms with E-state index in [1.165, 1.54) is 12.3 Å². The molecule has 8 nitrogen and oxygen atoms in total. The Morgan fingerprint density at radius 2 is 2.00 bits per heavy atom. The number of nitrogens with zero attached hydrogens (tertiary/aromatic N) is 3. The van der Waals surface area contributed by atoms with Gasteiger partial charge in [-0.2, -0.15) is 0 Å². The molecule has 1 aliphatic heterocycles. The normalized spacial score (nSPS) is 22.4. The second kappa shape index (κ2) is 9.94. The van der Waals surface area contributed by atoms with Crippen LogP contribution in [0.15, 0.2) is 35.0 Å². The van der Waals surface area contributed by atoms with Crippen molar-refractivity contribution in [1.29, 1.82) is 0 Å². The Morgan fingerprint density at radius 1 is 1.24 bits per heavy atom. The summed E-state index contributed by atoms with van der Waals surface area (Å²) >= 11 is 12.9. The highest BCUT2D eigenvalue weighted by Gasteiger charge is 2.52. The summed E-state index contributed by atoms with van der Waals surface area (Å²) < 4.78 is 26.6. The van der Waals surface area contributed by atoms with Crippen molar-refractivity contribution in [1.82, 2.24) is 10.1 Å². The van der Waals surface area contributed by atoms with Crippen LogP contribution < -0.4 is 4.90 Å². The van der Waals surface area contributed by atoms with Crippen LogP contribution in [0.5, 0.6) is 0 Å². The van der Waals surface area contributed by atoms with Gasteiger partial charge in [-0.15, -0.1) is 0 Å². The molecule has 0 radical (unpaired) electrons. The Labute approximate surface area is 227 Å². The second-order valence-electron chi connectivity index (χ2n) is 10.1. The zero-order chi connectivity index (χ0) is 26.6. The van der Waals surface area contributed by atoms with Crippen LogP contribution in [0.25, 0.3) is 11.3 Å². The first-order valence-electron chi connectivity index (χ1n) is 12.6. The monoisotopic (exact) mass is 559 g/mol. The summed E-state index contributed by atoms with van der Waals surface area (Å²) in [7, 11) is 0. The number of hydrogen-bond donors (Lipinski definition) is 1. The lowest BCUT2D eigenvalue weighted by molar-refractivity contribution is -0.137. The molecule has 3 fully saturated rings. The van der Waals surface area contributed by atoms with Gasteiger partial charge in [-0.25, -0.2) is 4.39 Å². The van der Waals surface area contributed by atoms with Crippen molar-refractivity contribution in [2.75, 3.05) is 4.90 Å². The summed E-state index contributed by atoms with van der Waals surface area (Å²) in [5.41, 5.74) is 2.41. The van der Waals surface area contributed by atoms with E-state index in [1.807, 2.05) is 0 Å². The predicted molar refractivity (Wildman–Crippen MR) is 137 cm³/mol. The quantitative estimate of drug-likeness (QED) is 0.353. The third-order valence-corrected chi connectivity index (χ3v) is 8.19. The van der Waals surface area contributed by atoms with Crippen LogP contribution in [0.4, 0.5) is 10.1 Å². The lowest BCUT2D eigenvalue weighted by Gasteiger charge is -2.31. The van der Waals surface area contributed by atoms with Gasteiger partial charge in [0.25, 0.3) is 0 Å². The largest absolute Gasteiger partial charge is 0.481 e. The molecule has 2 aromatic heterocycles. The number of hydrogen-bond acceptors (Lipinski definition) is 6. The molecule has 3 heterocycles. The smallest absolute Gasteiger partial charge is 0.303 e. The van der Waals surface area contributed by atoms with Gasteiger partial charge < -0.3 is 19.3 Å². The number of aliphatic carboxylic acids is 1. The summed E-state index contributed by atoms with van der Waals surface area (Å²) in [6.45, 7) is 0.210. The maximum atomic E-state index is 14.6. The molecule has 1 saturated heterocycles. The molecule has 38 heavy (non-hydrogen) atoms. The zero-order valence-electron chi connectivity index (χ0n) is 20.2. The molecule has 2 saturated carbocycles.